The van der Waals surface area contributed by atoms with Gasteiger partial charge in [-0.1, -0.05) is 5.92 Å². The van der Waals surface area contributed by atoms with Crippen LogP contribution in [0.3, 0.4) is 0 Å². The second-order valence-corrected chi connectivity index (χ2v) is 2.60. The van der Waals surface area contributed by atoms with E-state index in [-0.39, 0.29) is 25.4 Å². The first-order valence-electron chi connectivity index (χ1n) is 3.67. The van der Waals surface area contributed by atoms with Crippen molar-refractivity contribution < 1.29 is 14.4 Å². The molecule has 5 nitrogen and oxygen atoms in total. The number of carbonyl (C=O) groups excluding carboxylic acids is 3. The molecule has 0 saturated carbocycles. The van der Waals surface area contributed by atoms with E-state index in [1.165, 1.54) is 0 Å². The molecule has 3 amide bonds. The molecule has 1 fully saturated rings. The molecule has 1 aliphatic rings. The number of terminal acetylenes is 1. The Bertz CT molecular complexity index is 287. The fraction of sp³-hybridized carbons (Fsp3) is 0.375. The number of carbonyl (C=O) groups is 3. The number of amides is 3. The summed E-state index contributed by atoms with van der Waals surface area (Å²) < 4.78 is 0. The summed E-state index contributed by atoms with van der Waals surface area (Å²) in [6.45, 7) is -0.182. The number of hydrogen-bond acceptors (Lipinski definition) is 3. The highest BCUT2D eigenvalue weighted by Gasteiger charge is 2.25. The fourth-order valence-corrected chi connectivity index (χ4v) is 1.01. The van der Waals surface area contributed by atoms with Gasteiger partial charge in [-0.25, -0.2) is 0 Å². The van der Waals surface area contributed by atoms with E-state index in [4.69, 9.17) is 6.42 Å². The minimum absolute atomic E-state index is 0.0828. The van der Waals surface area contributed by atoms with Crippen LogP contribution >= 0.6 is 0 Å². The number of nitrogens with zero attached hydrogens (tertiary/aromatic N) is 1. The molecule has 0 spiro atoms. The van der Waals surface area contributed by atoms with Gasteiger partial charge in [0, 0.05) is 0 Å². The second kappa shape index (κ2) is 3.72. The Hall–Kier alpha value is -1.83. The molecule has 13 heavy (non-hydrogen) atoms. The minimum Gasteiger partial charge on any atom is -0.323 e. The van der Waals surface area contributed by atoms with Gasteiger partial charge in [-0.2, -0.15) is 0 Å². The lowest BCUT2D eigenvalue weighted by Crippen LogP contribution is -2.53. The number of rotatable bonds is 1. The predicted octanol–water partition coefficient (Wildman–Crippen LogP) is -1.51. The average molecular weight is 180 g/mol. The Labute approximate surface area is 75.1 Å². The van der Waals surface area contributed by atoms with Crippen molar-refractivity contribution in [2.75, 3.05) is 13.1 Å². The Morgan fingerprint density at radius 2 is 2.00 bits per heavy atom. The van der Waals surface area contributed by atoms with Crippen LogP contribution in [0, 0.1) is 12.3 Å². The van der Waals surface area contributed by atoms with E-state index in [0.717, 1.165) is 4.90 Å². The topological polar surface area (TPSA) is 66.5 Å². The first-order valence-corrected chi connectivity index (χ1v) is 3.67. The van der Waals surface area contributed by atoms with Crippen LogP contribution in [-0.4, -0.2) is 35.7 Å². The van der Waals surface area contributed by atoms with Gasteiger partial charge < -0.3 is 4.90 Å². The van der Waals surface area contributed by atoms with Gasteiger partial charge in [0.1, 0.15) is 13.1 Å². The summed E-state index contributed by atoms with van der Waals surface area (Å²) in [5.74, 6) is 0.849. The Balaban J connectivity index is 2.61. The van der Waals surface area contributed by atoms with Crippen molar-refractivity contribution in [3.05, 3.63) is 0 Å². The molecule has 1 aliphatic heterocycles. The molecule has 0 atom stereocenters. The third-order valence-electron chi connectivity index (χ3n) is 1.55. The first kappa shape index (κ1) is 9.26. The smallest absolute Gasteiger partial charge is 0.246 e. The molecule has 0 bridgehead atoms. The van der Waals surface area contributed by atoms with Gasteiger partial charge in [-0.15, -0.1) is 6.42 Å². The van der Waals surface area contributed by atoms with Crippen LogP contribution < -0.4 is 5.32 Å². The molecular formula is C8H8N2O3. The van der Waals surface area contributed by atoms with Gasteiger partial charge in [0.2, 0.25) is 17.7 Å². The Kier molecular flexibility index (Phi) is 2.65. The molecule has 68 valence electrons. The maximum atomic E-state index is 11.1. The molecule has 0 aromatic carbocycles. The molecule has 0 aliphatic carbocycles. The highest BCUT2D eigenvalue weighted by Crippen LogP contribution is 1.97. The number of imide groups is 1. The van der Waals surface area contributed by atoms with Gasteiger partial charge in [0.05, 0.1) is 6.42 Å². The summed E-state index contributed by atoms with van der Waals surface area (Å²) in [4.78, 5) is 33.9. The molecule has 1 heterocycles. The van der Waals surface area contributed by atoms with Crippen LogP contribution in [0.5, 0.6) is 0 Å². The lowest BCUT2D eigenvalue weighted by atomic mass is 10.3. The number of nitrogens with one attached hydrogen (secondary N) is 1. The van der Waals surface area contributed by atoms with Crippen molar-refractivity contribution in [3.8, 4) is 12.3 Å². The average Bonchev–Trinajstić information content (AvgIpc) is 2.03. The van der Waals surface area contributed by atoms with Gasteiger partial charge in [-0.3, -0.25) is 19.7 Å². The highest BCUT2D eigenvalue weighted by atomic mass is 16.2. The van der Waals surface area contributed by atoms with Crippen LogP contribution in [0.15, 0.2) is 0 Å². The van der Waals surface area contributed by atoms with E-state index in [9.17, 15) is 14.4 Å². The van der Waals surface area contributed by atoms with Gasteiger partial charge >= 0.3 is 0 Å². The van der Waals surface area contributed by atoms with E-state index in [2.05, 4.69) is 11.2 Å². The minimum atomic E-state index is -0.471. The standard InChI is InChI=1S/C8H8N2O3/c1-2-3-8(13)10-4-6(11)9-7(12)5-10/h1H,3-5H2,(H,9,11,12). The third kappa shape index (κ3) is 2.30. The van der Waals surface area contributed by atoms with E-state index >= 15 is 0 Å². The summed E-state index contributed by atoms with van der Waals surface area (Å²) in [7, 11) is 0. The van der Waals surface area contributed by atoms with Crippen LogP contribution in [0.2, 0.25) is 0 Å². The number of piperazine rings is 1. The van der Waals surface area contributed by atoms with Gasteiger partial charge in [-0.05, 0) is 0 Å². The summed E-state index contributed by atoms with van der Waals surface area (Å²) in [6.07, 6.45) is 4.84. The fourth-order valence-electron chi connectivity index (χ4n) is 1.01. The molecule has 0 radical (unpaired) electrons. The summed E-state index contributed by atoms with van der Waals surface area (Å²) in [6, 6.07) is 0. The Morgan fingerprint density at radius 3 is 2.46 bits per heavy atom. The maximum Gasteiger partial charge on any atom is 0.246 e. The van der Waals surface area contributed by atoms with E-state index in [1.807, 2.05) is 0 Å². The van der Waals surface area contributed by atoms with Crippen LogP contribution in [0.25, 0.3) is 0 Å². The van der Waals surface area contributed by atoms with Crippen molar-refractivity contribution in [1.29, 1.82) is 0 Å². The number of hydrogen-bond donors (Lipinski definition) is 1. The zero-order valence-electron chi connectivity index (χ0n) is 6.87. The molecular weight excluding hydrogens is 172 g/mol. The zero-order chi connectivity index (χ0) is 9.84. The molecule has 0 aromatic rings. The predicted molar refractivity (Wildman–Crippen MR) is 43.2 cm³/mol. The highest BCUT2D eigenvalue weighted by molar-refractivity contribution is 6.02. The lowest BCUT2D eigenvalue weighted by molar-refractivity contribution is -0.144. The van der Waals surface area contributed by atoms with Crippen molar-refractivity contribution in [2.24, 2.45) is 0 Å². The van der Waals surface area contributed by atoms with Crippen LogP contribution in [0.1, 0.15) is 6.42 Å². The largest absolute Gasteiger partial charge is 0.323 e. The molecule has 1 rings (SSSR count). The van der Waals surface area contributed by atoms with Gasteiger partial charge in [0.25, 0.3) is 0 Å². The summed E-state index contributed by atoms with van der Waals surface area (Å²) in [5, 5.41) is 2.08. The van der Waals surface area contributed by atoms with Gasteiger partial charge in [0.15, 0.2) is 0 Å². The zero-order valence-corrected chi connectivity index (χ0v) is 6.87. The normalized spacial score (nSPS) is 16.4. The molecule has 0 aromatic heterocycles. The first-order chi connectivity index (χ1) is 6.13. The maximum absolute atomic E-state index is 11.1. The second-order valence-electron chi connectivity index (χ2n) is 2.60. The lowest BCUT2D eigenvalue weighted by Gasteiger charge is -2.24. The van der Waals surface area contributed by atoms with E-state index in [1.54, 1.807) is 0 Å². The van der Waals surface area contributed by atoms with Crippen LogP contribution in [0.4, 0.5) is 0 Å². The van der Waals surface area contributed by atoms with Crippen LogP contribution in [-0.2, 0) is 14.4 Å². The SMILES string of the molecule is C#CCC(=O)N1CC(=O)NC(=O)C1. The Morgan fingerprint density at radius 1 is 1.46 bits per heavy atom. The molecule has 5 heteroatoms. The van der Waals surface area contributed by atoms with E-state index in [0.29, 0.717) is 0 Å². The molecule has 1 N–H and O–H groups in total. The summed E-state index contributed by atoms with van der Waals surface area (Å²) in [5.41, 5.74) is 0. The molecule has 1 saturated heterocycles. The summed E-state index contributed by atoms with van der Waals surface area (Å²) >= 11 is 0. The van der Waals surface area contributed by atoms with Crippen molar-refractivity contribution in [2.45, 2.75) is 6.42 Å². The van der Waals surface area contributed by atoms with Crippen molar-refractivity contribution >= 4 is 17.7 Å². The van der Waals surface area contributed by atoms with Crippen molar-refractivity contribution in [1.82, 2.24) is 10.2 Å². The monoisotopic (exact) mass is 180 g/mol. The third-order valence-corrected chi connectivity index (χ3v) is 1.55. The van der Waals surface area contributed by atoms with E-state index < -0.39 is 11.8 Å². The quantitative estimate of drug-likeness (QED) is 0.394. The molecule has 0 unspecified atom stereocenters. The van der Waals surface area contributed by atoms with Crippen molar-refractivity contribution in [3.63, 3.8) is 0 Å².